The zero-order chi connectivity index (χ0) is 13.5. The van der Waals surface area contributed by atoms with Crippen LogP contribution in [0.15, 0.2) is 11.4 Å². The third-order valence-corrected chi connectivity index (χ3v) is 3.48. The Morgan fingerprint density at radius 2 is 2.11 bits per heavy atom. The minimum absolute atomic E-state index is 0.128. The van der Waals surface area contributed by atoms with Gasteiger partial charge in [-0.3, -0.25) is 4.79 Å². The van der Waals surface area contributed by atoms with Crippen molar-refractivity contribution in [2.24, 2.45) is 0 Å². The lowest BCUT2D eigenvalue weighted by molar-refractivity contribution is -0.125. The van der Waals surface area contributed by atoms with Crippen molar-refractivity contribution < 1.29 is 14.3 Å². The first kappa shape index (κ1) is 14.5. The van der Waals surface area contributed by atoms with Gasteiger partial charge in [0.2, 0.25) is 0 Å². The average molecular weight is 270 g/mol. The van der Waals surface area contributed by atoms with Crippen molar-refractivity contribution in [2.45, 2.75) is 32.7 Å². The van der Waals surface area contributed by atoms with Crippen LogP contribution in [0.2, 0.25) is 0 Å². The van der Waals surface area contributed by atoms with Crippen molar-refractivity contribution in [3.63, 3.8) is 0 Å². The van der Waals surface area contributed by atoms with E-state index in [1.807, 2.05) is 13.8 Å². The van der Waals surface area contributed by atoms with Gasteiger partial charge in [-0.15, -0.1) is 11.3 Å². The lowest BCUT2D eigenvalue weighted by Gasteiger charge is -2.14. The second kappa shape index (κ2) is 7.00. The molecular weight excluding hydrogens is 252 g/mol. The lowest BCUT2D eigenvalue weighted by atomic mass is 10.2. The first-order valence-corrected chi connectivity index (χ1v) is 6.75. The number of amides is 1. The molecule has 0 aromatic carbocycles. The van der Waals surface area contributed by atoms with E-state index in [1.54, 1.807) is 11.4 Å². The van der Waals surface area contributed by atoms with Gasteiger partial charge in [0.05, 0.1) is 5.69 Å². The van der Waals surface area contributed by atoms with Gasteiger partial charge in [0.15, 0.2) is 6.61 Å². The zero-order valence-electron chi connectivity index (χ0n) is 10.6. The molecule has 0 aliphatic heterocycles. The summed E-state index contributed by atoms with van der Waals surface area (Å²) < 4.78 is 4.90. The molecule has 0 saturated heterocycles. The van der Waals surface area contributed by atoms with Crippen molar-refractivity contribution in [3.05, 3.63) is 16.3 Å². The highest BCUT2D eigenvalue weighted by molar-refractivity contribution is 7.12. The van der Waals surface area contributed by atoms with Crippen molar-refractivity contribution in [1.82, 2.24) is 5.32 Å². The van der Waals surface area contributed by atoms with Gasteiger partial charge in [-0.25, -0.2) is 4.79 Å². The summed E-state index contributed by atoms with van der Waals surface area (Å²) in [4.78, 5) is 23.4. The summed E-state index contributed by atoms with van der Waals surface area (Å²) in [6.45, 7) is 3.71. The number of hydrogen-bond acceptors (Lipinski definition) is 5. The van der Waals surface area contributed by atoms with Gasteiger partial charge in [-0.05, 0) is 24.3 Å². The van der Waals surface area contributed by atoms with Crippen molar-refractivity contribution >= 4 is 28.9 Å². The van der Waals surface area contributed by atoms with E-state index >= 15 is 0 Å². The standard InChI is InChI=1S/C12H18N2O3S/c1-3-8(4-2)14-10(15)7-17-12(16)11-9(13)5-6-18-11/h5-6,8H,3-4,7,13H2,1-2H3,(H,14,15). The highest BCUT2D eigenvalue weighted by Gasteiger charge is 2.15. The third kappa shape index (κ3) is 4.03. The van der Waals surface area contributed by atoms with Crippen LogP contribution >= 0.6 is 11.3 Å². The number of carbonyl (C=O) groups is 2. The number of nitrogen functional groups attached to an aromatic ring is 1. The van der Waals surface area contributed by atoms with Crippen LogP contribution in [0.4, 0.5) is 5.69 Å². The summed E-state index contributed by atoms with van der Waals surface area (Å²) in [7, 11) is 0. The summed E-state index contributed by atoms with van der Waals surface area (Å²) in [5, 5.41) is 4.49. The quantitative estimate of drug-likeness (QED) is 0.772. The SMILES string of the molecule is CCC(CC)NC(=O)COC(=O)c1sccc1N. The molecule has 0 aliphatic rings. The lowest BCUT2D eigenvalue weighted by Crippen LogP contribution is -2.36. The van der Waals surface area contributed by atoms with Crippen LogP contribution in [0.3, 0.4) is 0 Å². The maximum absolute atomic E-state index is 11.6. The van der Waals surface area contributed by atoms with E-state index < -0.39 is 5.97 Å². The van der Waals surface area contributed by atoms with E-state index in [-0.39, 0.29) is 18.6 Å². The maximum atomic E-state index is 11.6. The summed E-state index contributed by atoms with van der Waals surface area (Å²) in [5.74, 6) is -0.839. The van der Waals surface area contributed by atoms with Gasteiger partial charge < -0.3 is 15.8 Å². The first-order valence-electron chi connectivity index (χ1n) is 5.87. The Hall–Kier alpha value is -1.56. The smallest absolute Gasteiger partial charge is 0.350 e. The van der Waals surface area contributed by atoms with Crippen molar-refractivity contribution in [3.8, 4) is 0 Å². The largest absolute Gasteiger partial charge is 0.451 e. The van der Waals surface area contributed by atoms with Crippen LogP contribution in [0.5, 0.6) is 0 Å². The minimum atomic E-state index is -0.554. The molecule has 1 amide bonds. The molecule has 1 aromatic heterocycles. The maximum Gasteiger partial charge on any atom is 0.350 e. The van der Waals surface area contributed by atoms with Gasteiger partial charge in [-0.1, -0.05) is 13.8 Å². The molecule has 1 aromatic rings. The molecule has 0 radical (unpaired) electrons. The molecule has 0 unspecified atom stereocenters. The minimum Gasteiger partial charge on any atom is -0.451 e. The summed E-state index contributed by atoms with van der Waals surface area (Å²) in [6.07, 6.45) is 1.71. The number of rotatable bonds is 6. The third-order valence-electron chi connectivity index (χ3n) is 2.57. The Kier molecular flexibility index (Phi) is 5.64. The Balaban J connectivity index is 2.39. The molecule has 0 bridgehead atoms. The van der Waals surface area contributed by atoms with E-state index in [0.717, 1.165) is 12.8 Å². The van der Waals surface area contributed by atoms with E-state index in [9.17, 15) is 9.59 Å². The number of nitrogens with one attached hydrogen (secondary N) is 1. The predicted octanol–water partition coefficient (Wildman–Crippen LogP) is 1.79. The van der Waals surface area contributed by atoms with Gasteiger partial charge >= 0.3 is 5.97 Å². The molecule has 3 N–H and O–H groups in total. The van der Waals surface area contributed by atoms with E-state index in [0.29, 0.717) is 10.6 Å². The van der Waals surface area contributed by atoms with Crippen molar-refractivity contribution in [2.75, 3.05) is 12.3 Å². The van der Waals surface area contributed by atoms with Crippen LogP contribution in [0, 0.1) is 0 Å². The molecule has 1 rings (SSSR count). The van der Waals surface area contributed by atoms with Gasteiger partial charge in [0.25, 0.3) is 5.91 Å². The Bertz CT molecular complexity index is 413. The highest BCUT2D eigenvalue weighted by atomic mass is 32.1. The van der Waals surface area contributed by atoms with E-state index in [1.165, 1.54) is 11.3 Å². The second-order valence-corrected chi connectivity index (χ2v) is 4.78. The first-order chi connectivity index (χ1) is 8.58. The van der Waals surface area contributed by atoms with Gasteiger partial charge in [0.1, 0.15) is 4.88 Å². The fourth-order valence-electron chi connectivity index (χ4n) is 1.44. The summed E-state index contributed by atoms with van der Waals surface area (Å²) in [5.41, 5.74) is 5.96. The molecule has 6 heteroatoms. The number of ether oxygens (including phenoxy) is 1. The fourth-order valence-corrected chi connectivity index (χ4v) is 2.15. The molecule has 0 atom stereocenters. The van der Waals surface area contributed by atoms with E-state index in [2.05, 4.69) is 5.32 Å². The summed E-state index contributed by atoms with van der Waals surface area (Å²) >= 11 is 1.20. The highest BCUT2D eigenvalue weighted by Crippen LogP contribution is 2.19. The van der Waals surface area contributed by atoms with Crippen LogP contribution in [-0.4, -0.2) is 24.5 Å². The number of hydrogen-bond donors (Lipinski definition) is 2. The van der Waals surface area contributed by atoms with Crippen molar-refractivity contribution in [1.29, 1.82) is 0 Å². The fraction of sp³-hybridized carbons (Fsp3) is 0.500. The number of nitrogens with two attached hydrogens (primary N) is 1. The molecule has 100 valence electrons. The Morgan fingerprint density at radius 1 is 1.44 bits per heavy atom. The Morgan fingerprint density at radius 3 is 2.61 bits per heavy atom. The average Bonchev–Trinajstić information content (AvgIpc) is 2.79. The number of carbonyl (C=O) groups excluding carboxylic acids is 2. The molecule has 0 spiro atoms. The van der Waals surface area contributed by atoms with Crippen LogP contribution in [0.1, 0.15) is 36.4 Å². The monoisotopic (exact) mass is 270 g/mol. The topological polar surface area (TPSA) is 81.4 Å². The van der Waals surface area contributed by atoms with E-state index in [4.69, 9.17) is 10.5 Å². The predicted molar refractivity (Wildman–Crippen MR) is 71.5 cm³/mol. The molecule has 0 fully saturated rings. The zero-order valence-corrected chi connectivity index (χ0v) is 11.4. The molecule has 1 heterocycles. The normalized spacial score (nSPS) is 10.4. The molecule has 0 saturated carbocycles. The van der Waals surface area contributed by atoms with Crippen LogP contribution < -0.4 is 11.1 Å². The molecule has 5 nitrogen and oxygen atoms in total. The number of thiophene rings is 1. The van der Waals surface area contributed by atoms with Crippen LogP contribution in [-0.2, 0) is 9.53 Å². The number of esters is 1. The molecule has 0 aliphatic carbocycles. The molecule has 18 heavy (non-hydrogen) atoms. The summed E-state index contributed by atoms with van der Waals surface area (Å²) in [6, 6.07) is 1.76. The molecular formula is C12H18N2O3S. The van der Waals surface area contributed by atoms with Gasteiger partial charge in [0, 0.05) is 6.04 Å². The second-order valence-electron chi connectivity index (χ2n) is 3.86. The van der Waals surface area contributed by atoms with Gasteiger partial charge in [-0.2, -0.15) is 0 Å². The Labute approximate surface area is 110 Å². The number of anilines is 1. The van der Waals surface area contributed by atoms with Crippen LogP contribution in [0.25, 0.3) is 0 Å².